The minimum atomic E-state index is 0.288. The fourth-order valence-electron chi connectivity index (χ4n) is 3.31. The molecular weight excluding hydrogens is 318 g/mol. The first-order valence-electron chi connectivity index (χ1n) is 8.41. The van der Waals surface area contributed by atoms with Crippen molar-refractivity contribution in [1.29, 1.82) is 0 Å². The van der Waals surface area contributed by atoms with Crippen LogP contribution in [0.4, 0.5) is 0 Å². The molecule has 4 nitrogen and oxygen atoms in total. The molecule has 4 rings (SSSR count). The Morgan fingerprint density at radius 1 is 1.25 bits per heavy atom. The van der Waals surface area contributed by atoms with Crippen LogP contribution < -0.4 is 0 Å². The van der Waals surface area contributed by atoms with Gasteiger partial charge in [0.25, 0.3) is 0 Å². The van der Waals surface area contributed by atoms with E-state index >= 15 is 0 Å². The van der Waals surface area contributed by atoms with Crippen molar-refractivity contribution in [3.8, 4) is 0 Å². The molecule has 0 saturated carbocycles. The zero-order valence-corrected chi connectivity index (χ0v) is 14.6. The van der Waals surface area contributed by atoms with Crippen LogP contribution in [0.3, 0.4) is 0 Å². The fourth-order valence-corrected chi connectivity index (χ4v) is 4.11. The summed E-state index contributed by atoms with van der Waals surface area (Å²) in [5.41, 5.74) is 4.32. The SMILES string of the molecule is Cc1ncsc1CN1CCC[C@@H]1c1ncc(Cc2ccccc2)o1. The average molecular weight is 339 g/mol. The summed E-state index contributed by atoms with van der Waals surface area (Å²) in [7, 11) is 0. The van der Waals surface area contributed by atoms with Gasteiger partial charge in [-0.15, -0.1) is 11.3 Å². The molecular formula is C19H21N3OS. The number of aryl methyl sites for hydroxylation is 1. The molecule has 0 spiro atoms. The molecule has 1 atom stereocenters. The van der Waals surface area contributed by atoms with Gasteiger partial charge in [-0.25, -0.2) is 9.97 Å². The van der Waals surface area contributed by atoms with Gasteiger partial charge in [0.15, 0.2) is 0 Å². The number of oxazole rings is 1. The van der Waals surface area contributed by atoms with Crippen LogP contribution in [-0.4, -0.2) is 21.4 Å². The van der Waals surface area contributed by atoms with Crippen LogP contribution in [0.25, 0.3) is 0 Å². The molecule has 1 aromatic carbocycles. The lowest BCUT2D eigenvalue weighted by Crippen LogP contribution is -2.22. The third-order valence-electron chi connectivity index (χ3n) is 4.63. The number of benzene rings is 1. The summed E-state index contributed by atoms with van der Waals surface area (Å²) in [6, 6.07) is 10.7. The average Bonchev–Trinajstić information content (AvgIpc) is 3.31. The van der Waals surface area contributed by atoms with Crippen molar-refractivity contribution in [3.63, 3.8) is 0 Å². The van der Waals surface area contributed by atoms with Crippen molar-refractivity contribution in [1.82, 2.24) is 14.9 Å². The van der Waals surface area contributed by atoms with E-state index in [9.17, 15) is 0 Å². The Labute approximate surface area is 146 Å². The molecule has 124 valence electrons. The monoisotopic (exact) mass is 339 g/mol. The van der Waals surface area contributed by atoms with Gasteiger partial charge in [0.05, 0.1) is 23.4 Å². The van der Waals surface area contributed by atoms with Crippen LogP contribution in [0.1, 0.15) is 46.7 Å². The summed E-state index contributed by atoms with van der Waals surface area (Å²) >= 11 is 1.74. The maximum atomic E-state index is 6.09. The highest BCUT2D eigenvalue weighted by Gasteiger charge is 2.30. The van der Waals surface area contributed by atoms with Gasteiger partial charge in [-0.1, -0.05) is 30.3 Å². The Balaban J connectivity index is 1.48. The van der Waals surface area contributed by atoms with Crippen LogP contribution in [-0.2, 0) is 13.0 Å². The molecule has 0 amide bonds. The van der Waals surface area contributed by atoms with E-state index in [1.807, 2.05) is 17.8 Å². The standard InChI is InChI=1S/C19H21N3OS/c1-14-18(24-13-21-14)12-22-9-5-8-17(22)19-20-11-16(23-19)10-15-6-3-2-4-7-15/h2-4,6-7,11,13,17H,5,8-10,12H2,1H3/t17-/m1/s1. The first kappa shape index (κ1) is 15.5. The molecule has 24 heavy (non-hydrogen) atoms. The van der Waals surface area contributed by atoms with Gasteiger partial charge < -0.3 is 4.42 Å². The van der Waals surface area contributed by atoms with Crippen molar-refractivity contribution in [2.45, 2.75) is 38.8 Å². The summed E-state index contributed by atoms with van der Waals surface area (Å²) in [5.74, 6) is 1.80. The van der Waals surface area contributed by atoms with Crippen molar-refractivity contribution >= 4 is 11.3 Å². The minimum Gasteiger partial charge on any atom is -0.444 e. The Morgan fingerprint density at radius 2 is 2.12 bits per heavy atom. The quantitative estimate of drug-likeness (QED) is 0.692. The lowest BCUT2D eigenvalue weighted by Gasteiger charge is -2.21. The highest BCUT2D eigenvalue weighted by Crippen LogP contribution is 2.34. The lowest BCUT2D eigenvalue weighted by atomic mass is 10.1. The molecule has 1 aliphatic heterocycles. The molecule has 0 unspecified atom stereocenters. The Morgan fingerprint density at radius 3 is 2.92 bits per heavy atom. The number of rotatable bonds is 5. The summed E-state index contributed by atoms with van der Waals surface area (Å²) in [5, 5.41) is 0. The van der Waals surface area contributed by atoms with Crippen molar-refractivity contribution in [2.75, 3.05) is 6.54 Å². The maximum absolute atomic E-state index is 6.09. The van der Waals surface area contributed by atoms with E-state index in [-0.39, 0.29) is 6.04 Å². The van der Waals surface area contributed by atoms with Crippen LogP contribution >= 0.6 is 11.3 Å². The van der Waals surface area contributed by atoms with Crippen LogP contribution in [0, 0.1) is 6.92 Å². The number of nitrogens with zero attached hydrogens (tertiary/aromatic N) is 3. The minimum absolute atomic E-state index is 0.288. The third kappa shape index (κ3) is 3.28. The van der Waals surface area contributed by atoms with Crippen molar-refractivity contribution in [2.24, 2.45) is 0 Å². The smallest absolute Gasteiger partial charge is 0.211 e. The topological polar surface area (TPSA) is 42.2 Å². The van der Waals surface area contributed by atoms with Gasteiger partial charge in [-0.05, 0) is 31.9 Å². The molecule has 1 saturated heterocycles. The Kier molecular flexibility index (Phi) is 4.45. The van der Waals surface area contributed by atoms with Gasteiger partial charge in [-0.3, -0.25) is 4.90 Å². The van der Waals surface area contributed by atoms with Crippen molar-refractivity contribution < 1.29 is 4.42 Å². The second-order valence-electron chi connectivity index (χ2n) is 6.32. The van der Waals surface area contributed by atoms with Gasteiger partial charge in [-0.2, -0.15) is 0 Å². The van der Waals surface area contributed by atoms with E-state index < -0.39 is 0 Å². The van der Waals surface area contributed by atoms with E-state index in [1.54, 1.807) is 11.3 Å². The zero-order chi connectivity index (χ0) is 16.4. The van der Waals surface area contributed by atoms with Crippen LogP contribution in [0.2, 0.25) is 0 Å². The van der Waals surface area contributed by atoms with Crippen LogP contribution in [0.5, 0.6) is 0 Å². The highest BCUT2D eigenvalue weighted by molar-refractivity contribution is 7.09. The molecule has 1 aliphatic rings. The number of aromatic nitrogens is 2. The molecule has 0 bridgehead atoms. The number of hydrogen-bond acceptors (Lipinski definition) is 5. The summed E-state index contributed by atoms with van der Waals surface area (Å²) in [6.07, 6.45) is 4.99. The molecule has 0 aliphatic carbocycles. The number of hydrogen-bond donors (Lipinski definition) is 0. The van der Waals surface area contributed by atoms with Gasteiger partial charge in [0, 0.05) is 17.8 Å². The summed E-state index contributed by atoms with van der Waals surface area (Å²) in [6.45, 7) is 4.12. The largest absolute Gasteiger partial charge is 0.444 e. The lowest BCUT2D eigenvalue weighted by molar-refractivity contribution is 0.213. The summed E-state index contributed by atoms with van der Waals surface area (Å²) in [4.78, 5) is 12.8. The fraction of sp³-hybridized carbons (Fsp3) is 0.368. The van der Waals surface area contributed by atoms with Crippen LogP contribution in [0.15, 0.2) is 46.5 Å². The Bertz CT molecular complexity index is 796. The van der Waals surface area contributed by atoms with E-state index in [2.05, 4.69) is 46.1 Å². The number of thiazole rings is 1. The maximum Gasteiger partial charge on any atom is 0.211 e. The zero-order valence-electron chi connectivity index (χ0n) is 13.8. The molecule has 1 fully saturated rings. The predicted molar refractivity (Wildman–Crippen MR) is 95.0 cm³/mol. The second kappa shape index (κ2) is 6.87. The second-order valence-corrected chi connectivity index (χ2v) is 7.26. The molecule has 2 aromatic heterocycles. The first-order chi connectivity index (χ1) is 11.8. The highest BCUT2D eigenvalue weighted by atomic mass is 32.1. The van der Waals surface area contributed by atoms with Gasteiger partial charge in [0.1, 0.15) is 5.76 Å². The van der Waals surface area contributed by atoms with Gasteiger partial charge >= 0.3 is 0 Å². The molecule has 0 N–H and O–H groups in total. The van der Waals surface area contributed by atoms with Crippen molar-refractivity contribution in [3.05, 3.63) is 69.8 Å². The number of likely N-dealkylation sites (tertiary alicyclic amines) is 1. The van der Waals surface area contributed by atoms with E-state index in [0.717, 1.165) is 43.3 Å². The molecule has 0 radical (unpaired) electrons. The van der Waals surface area contributed by atoms with Gasteiger partial charge in [0.2, 0.25) is 5.89 Å². The molecule has 5 heteroatoms. The molecule has 3 heterocycles. The predicted octanol–water partition coefficient (Wildman–Crippen LogP) is 4.37. The molecule has 3 aromatic rings. The normalized spacial score (nSPS) is 18.3. The summed E-state index contributed by atoms with van der Waals surface area (Å²) < 4.78 is 6.09. The third-order valence-corrected chi connectivity index (χ3v) is 5.55. The van der Waals surface area contributed by atoms with E-state index in [4.69, 9.17) is 4.42 Å². The van der Waals surface area contributed by atoms with E-state index in [1.165, 1.54) is 16.9 Å². The Hall–Kier alpha value is -1.98. The van der Waals surface area contributed by atoms with E-state index in [0.29, 0.717) is 0 Å². The first-order valence-corrected chi connectivity index (χ1v) is 9.29.